The zero-order valence-electron chi connectivity index (χ0n) is 16.9. The highest BCUT2D eigenvalue weighted by atomic mass is 16.5. The van der Waals surface area contributed by atoms with Crippen molar-refractivity contribution >= 4 is 11.6 Å². The highest BCUT2D eigenvalue weighted by Gasteiger charge is 2.21. The number of amides is 1. The van der Waals surface area contributed by atoms with Gasteiger partial charge in [0.05, 0.1) is 0 Å². The molecule has 0 N–H and O–H groups in total. The molecule has 3 rings (SSSR count). The molecule has 144 valence electrons. The van der Waals surface area contributed by atoms with Crippen molar-refractivity contribution < 1.29 is 9.53 Å². The first-order chi connectivity index (χ1) is 12.8. The summed E-state index contributed by atoms with van der Waals surface area (Å²) in [5.74, 6) is 0.800. The summed E-state index contributed by atoms with van der Waals surface area (Å²) in [6.07, 6.45) is 0. The summed E-state index contributed by atoms with van der Waals surface area (Å²) in [6.45, 7) is 11.9. The topological polar surface area (TPSA) is 32.8 Å². The molecule has 0 spiro atoms. The molecule has 2 aromatic rings. The standard InChI is InChI=1S/C23H30N2O2/c1-18-6-5-7-20(16-18)24-12-14-25(15-13-24)22(26)17-27-21-10-8-19(9-11-21)23(2,3)4/h5-11,16H,12-15,17H2,1-4H3. The van der Waals surface area contributed by atoms with Gasteiger partial charge < -0.3 is 14.5 Å². The second kappa shape index (κ2) is 8.03. The van der Waals surface area contributed by atoms with E-state index in [2.05, 4.69) is 69.0 Å². The van der Waals surface area contributed by atoms with Crippen molar-refractivity contribution in [3.8, 4) is 5.75 Å². The molecule has 0 saturated carbocycles. The molecule has 1 aliphatic heterocycles. The first-order valence-corrected chi connectivity index (χ1v) is 9.66. The molecular formula is C23H30N2O2. The van der Waals surface area contributed by atoms with Crippen molar-refractivity contribution in [3.63, 3.8) is 0 Å². The van der Waals surface area contributed by atoms with Crippen LogP contribution < -0.4 is 9.64 Å². The molecule has 0 atom stereocenters. The van der Waals surface area contributed by atoms with E-state index < -0.39 is 0 Å². The molecule has 1 amide bonds. The predicted molar refractivity (Wildman–Crippen MR) is 111 cm³/mol. The average Bonchev–Trinajstić information content (AvgIpc) is 2.66. The van der Waals surface area contributed by atoms with E-state index in [9.17, 15) is 4.79 Å². The number of benzene rings is 2. The Labute approximate surface area is 162 Å². The third kappa shape index (κ3) is 5.03. The Kier molecular flexibility index (Phi) is 5.73. The van der Waals surface area contributed by atoms with Gasteiger partial charge in [0.1, 0.15) is 5.75 Å². The highest BCUT2D eigenvalue weighted by Crippen LogP contribution is 2.24. The number of anilines is 1. The van der Waals surface area contributed by atoms with E-state index in [1.54, 1.807) is 0 Å². The molecule has 1 aliphatic rings. The van der Waals surface area contributed by atoms with Crippen molar-refractivity contribution in [2.45, 2.75) is 33.1 Å². The summed E-state index contributed by atoms with van der Waals surface area (Å²) >= 11 is 0. The quantitative estimate of drug-likeness (QED) is 0.819. The number of nitrogens with zero attached hydrogens (tertiary/aromatic N) is 2. The molecule has 0 unspecified atom stereocenters. The van der Waals surface area contributed by atoms with Gasteiger partial charge in [0, 0.05) is 31.9 Å². The van der Waals surface area contributed by atoms with Gasteiger partial charge in [-0.1, -0.05) is 45.0 Å². The van der Waals surface area contributed by atoms with Crippen LogP contribution in [-0.4, -0.2) is 43.6 Å². The van der Waals surface area contributed by atoms with Gasteiger partial charge in [0.15, 0.2) is 6.61 Å². The molecule has 0 aromatic heterocycles. The summed E-state index contributed by atoms with van der Waals surface area (Å²) in [5, 5.41) is 0. The highest BCUT2D eigenvalue weighted by molar-refractivity contribution is 5.78. The van der Waals surface area contributed by atoms with Gasteiger partial charge in [0.2, 0.25) is 0 Å². The zero-order valence-corrected chi connectivity index (χ0v) is 16.9. The molecule has 4 heteroatoms. The van der Waals surface area contributed by atoms with Gasteiger partial charge in [-0.05, 0) is 47.7 Å². The summed E-state index contributed by atoms with van der Waals surface area (Å²) < 4.78 is 5.71. The summed E-state index contributed by atoms with van der Waals surface area (Å²) in [7, 11) is 0. The minimum Gasteiger partial charge on any atom is -0.484 e. The number of piperazine rings is 1. The van der Waals surface area contributed by atoms with E-state index in [0.717, 1.165) is 31.9 Å². The second-order valence-corrected chi connectivity index (χ2v) is 8.27. The minimum atomic E-state index is 0.0544. The maximum atomic E-state index is 12.5. The molecule has 0 bridgehead atoms. The fourth-order valence-corrected chi connectivity index (χ4v) is 3.33. The molecule has 1 saturated heterocycles. The summed E-state index contributed by atoms with van der Waals surface area (Å²) in [4.78, 5) is 16.7. The van der Waals surface area contributed by atoms with Crippen LogP contribution >= 0.6 is 0 Å². The van der Waals surface area contributed by atoms with Crippen LogP contribution in [-0.2, 0) is 10.2 Å². The fraction of sp³-hybridized carbons (Fsp3) is 0.435. The number of ether oxygens (including phenoxy) is 1. The number of carbonyl (C=O) groups excluding carboxylic acids is 1. The maximum Gasteiger partial charge on any atom is 0.260 e. The van der Waals surface area contributed by atoms with Crippen molar-refractivity contribution in [2.75, 3.05) is 37.7 Å². The van der Waals surface area contributed by atoms with E-state index in [4.69, 9.17) is 4.74 Å². The molecule has 0 radical (unpaired) electrons. The van der Waals surface area contributed by atoms with Crippen LogP contribution in [0.25, 0.3) is 0 Å². The molecule has 2 aromatic carbocycles. The average molecular weight is 367 g/mol. The Morgan fingerprint density at radius 1 is 1.00 bits per heavy atom. The summed E-state index contributed by atoms with van der Waals surface area (Å²) in [5.41, 5.74) is 3.87. The Hall–Kier alpha value is -2.49. The third-order valence-corrected chi connectivity index (χ3v) is 5.08. The molecule has 27 heavy (non-hydrogen) atoms. The first kappa shape index (κ1) is 19.3. The van der Waals surface area contributed by atoms with Crippen LogP contribution in [0.4, 0.5) is 5.69 Å². The lowest BCUT2D eigenvalue weighted by Crippen LogP contribution is -2.50. The maximum absolute atomic E-state index is 12.5. The van der Waals surface area contributed by atoms with Crippen molar-refractivity contribution in [1.82, 2.24) is 4.90 Å². The molecular weight excluding hydrogens is 336 g/mol. The lowest BCUT2D eigenvalue weighted by atomic mass is 9.87. The normalized spacial score (nSPS) is 15.0. The van der Waals surface area contributed by atoms with Crippen LogP contribution in [0.1, 0.15) is 31.9 Å². The molecule has 4 nitrogen and oxygen atoms in total. The molecule has 1 fully saturated rings. The first-order valence-electron chi connectivity index (χ1n) is 9.66. The number of hydrogen-bond donors (Lipinski definition) is 0. The smallest absolute Gasteiger partial charge is 0.260 e. The van der Waals surface area contributed by atoms with E-state index in [0.29, 0.717) is 0 Å². The van der Waals surface area contributed by atoms with Crippen molar-refractivity contribution in [1.29, 1.82) is 0 Å². The van der Waals surface area contributed by atoms with E-state index in [1.165, 1.54) is 16.8 Å². The van der Waals surface area contributed by atoms with E-state index in [1.807, 2.05) is 17.0 Å². The van der Waals surface area contributed by atoms with E-state index >= 15 is 0 Å². The number of rotatable bonds is 4. The van der Waals surface area contributed by atoms with Gasteiger partial charge in [0.25, 0.3) is 5.91 Å². The Morgan fingerprint density at radius 2 is 1.67 bits per heavy atom. The predicted octanol–water partition coefficient (Wildman–Crippen LogP) is 4.02. The van der Waals surface area contributed by atoms with Crippen LogP contribution in [0.2, 0.25) is 0 Å². The Bertz CT molecular complexity index is 770. The lowest BCUT2D eigenvalue weighted by molar-refractivity contribution is -0.133. The number of hydrogen-bond acceptors (Lipinski definition) is 3. The van der Waals surface area contributed by atoms with Crippen LogP contribution in [0, 0.1) is 6.92 Å². The SMILES string of the molecule is Cc1cccc(N2CCN(C(=O)COc3ccc(C(C)(C)C)cc3)CC2)c1. The fourth-order valence-electron chi connectivity index (χ4n) is 3.33. The van der Waals surface area contributed by atoms with Crippen molar-refractivity contribution in [3.05, 3.63) is 59.7 Å². The molecule has 0 aliphatic carbocycles. The van der Waals surface area contributed by atoms with Crippen LogP contribution in [0.5, 0.6) is 5.75 Å². The molecule has 1 heterocycles. The Morgan fingerprint density at radius 3 is 2.26 bits per heavy atom. The van der Waals surface area contributed by atoms with Crippen molar-refractivity contribution in [2.24, 2.45) is 0 Å². The largest absolute Gasteiger partial charge is 0.484 e. The van der Waals surface area contributed by atoms with Gasteiger partial charge in [-0.15, -0.1) is 0 Å². The Balaban J connectivity index is 1.48. The lowest BCUT2D eigenvalue weighted by Gasteiger charge is -2.36. The zero-order chi connectivity index (χ0) is 19.4. The van der Waals surface area contributed by atoms with Crippen LogP contribution in [0.3, 0.4) is 0 Å². The van der Waals surface area contributed by atoms with Crippen LogP contribution in [0.15, 0.2) is 48.5 Å². The van der Waals surface area contributed by atoms with E-state index in [-0.39, 0.29) is 17.9 Å². The third-order valence-electron chi connectivity index (χ3n) is 5.08. The summed E-state index contributed by atoms with van der Waals surface area (Å²) in [6, 6.07) is 16.6. The van der Waals surface area contributed by atoms with Gasteiger partial charge in [-0.2, -0.15) is 0 Å². The number of carbonyl (C=O) groups is 1. The van der Waals surface area contributed by atoms with Gasteiger partial charge in [-0.3, -0.25) is 4.79 Å². The number of aryl methyl sites for hydroxylation is 1. The van der Waals surface area contributed by atoms with Gasteiger partial charge >= 0.3 is 0 Å². The second-order valence-electron chi connectivity index (χ2n) is 8.27. The minimum absolute atomic E-state index is 0.0544. The van der Waals surface area contributed by atoms with Gasteiger partial charge in [-0.25, -0.2) is 0 Å². The monoisotopic (exact) mass is 366 g/mol.